The molecule has 1 atom stereocenters. The minimum Gasteiger partial charge on any atom is -0.497 e. The Morgan fingerprint density at radius 2 is 1.91 bits per heavy atom. The molecule has 3 heterocycles. The highest BCUT2D eigenvalue weighted by molar-refractivity contribution is 7.15. The fourth-order valence-electron chi connectivity index (χ4n) is 4.25. The van der Waals surface area contributed by atoms with Crippen molar-refractivity contribution in [2.75, 3.05) is 20.8 Å². The summed E-state index contributed by atoms with van der Waals surface area (Å²) in [5, 5.41) is 12.0. The van der Waals surface area contributed by atoms with E-state index in [1.54, 1.807) is 31.8 Å². The molecular weight excluding hydrogens is 426 g/mol. The van der Waals surface area contributed by atoms with Crippen molar-refractivity contribution in [3.8, 4) is 22.1 Å². The second-order valence-electron chi connectivity index (χ2n) is 7.73. The van der Waals surface area contributed by atoms with E-state index >= 15 is 0 Å². The standard InChI is InChI=1S/C24H23N3O4S/c1-30-15-5-3-14(4-6-15)23-26-20-9-10-27(13-21(20)32-23)22(24(28)29)18-12-25-19-8-7-16(31-2)11-17(18)19/h3-8,11-12,22,25H,9-10,13H2,1-2H3,(H,28,29). The van der Waals surface area contributed by atoms with Crippen LogP contribution in [0.1, 0.15) is 22.2 Å². The molecule has 7 nitrogen and oxygen atoms in total. The molecule has 0 fully saturated rings. The molecule has 0 saturated heterocycles. The number of carbonyl (C=O) groups is 1. The van der Waals surface area contributed by atoms with Crippen molar-refractivity contribution in [1.29, 1.82) is 0 Å². The second-order valence-corrected chi connectivity index (χ2v) is 8.82. The number of carboxylic acids is 1. The van der Waals surface area contributed by atoms with Crippen LogP contribution < -0.4 is 9.47 Å². The van der Waals surface area contributed by atoms with Crippen molar-refractivity contribution in [3.05, 3.63) is 64.8 Å². The van der Waals surface area contributed by atoms with Gasteiger partial charge in [0.25, 0.3) is 0 Å². The molecule has 164 valence electrons. The third-order valence-electron chi connectivity index (χ3n) is 5.91. The first-order valence-corrected chi connectivity index (χ1v) is 11.1. The largest absolute Gasteiger partial charge is 0.497 e. The van der Waals surface area contributed by atoms with E-state index in [0.717, 1.165) is 49.8 Å². The summed E-state index contributed by atoms with van der Waals surface area (Å²) in [6.45, 7) is 1.18. The summed E-state index contributed by atoms with van der Waals surface area (Å²) >= 11 is 1.63. The third-order valence-corrected chi connectivity index (χ3v) is 7.04. The van der Waals surface area contributed by atoms with Crippen LogP contribution in [0.2, 0.25) is 0 Å². The first kappa shape index (κ1) is 20.5. The van der Waals surface area contributed by atoms with Gasteiger partial charge in [-0.15, -0.1) is 11.3 Å². The number of fused-ring (bicyclic) bond motifs is 2. The van der Waals surface area contributed by atoms with Gasteiger partial charge < -0.3 is 19.6 Å². The van der Waals surface area contributed by atoms with Gasteiger partial charge in [0.2, 0.25) is 0 Å². The Morgan fingerprint density at radius 1 is 1.16 bits per heavy atom. The number of H-pyrrole nitrogens is 1. The van der Waals surface area contributed by atoms with E-state index in [4.69, 9.17) is 14.5 Å². The highest BCUT2D eigenvalue weighted by Crippen LogP contribution is 2.37. The van der Waals surface area contributed by atoms with Crippen LogP contribution in [0, 0.1) is 0 Å². The zero-order valence-electron chi connectivity index (χ0n) is 17.8. The monoisotopic (exact) mass is 449 g/mol. The van der Waals surface area contributed by atoms with E-state index in [1.807, 2.05) is 47.4 Å². The van der Waals surface area contributed by atoms with Gasteiger partial charge in [-0.2, -0.15) is 0 Å². The number of nitrogens with zero attached hydrogens (tertiary/aromatic N) is 2. The normalized spacial score (nSPS) is 14.8. The van der Waals surface area contributed by atoms with Gasteiger partial charge in [0.1, 0.15) is 22.5 Å². The number of aromatic nitrogens is 2. The lowest BCUT2D eigenvalue weighted by Gasteiger charge is -2.31. The summed E-state index contributed by atoms with van der Waals surface area (Å²) in [5.74, 6) is 0.646. The lowest BCUT2D eigenvalue weighted by atomic mass is 10.0. The fourth-order valence-corrected chi connectivity index (χ4v) is 5.39. The Labute approximate surface area is 189 Å². The van der Waals surface area contributed by atoms with E-state index < -0.39 is 12.0 Å². The van der Waals surface area contributed by atoms with E-state index in [2.05, 4.69) is 4.98 Å². The summed E-state index contributed by atoms with van der Waals surface area (Å²) in [6, 6.07) is 12.8. The van der Waals surface area contributed by atoms with Crippen molar-refractivity contribution < 1.29 is 19.4 Å². The number of benzene rings is 2. The van der Waals surface area contributed by atoms with E-state index in [-0.39, 0.29) is 0 Å². The number of aromatic amines is 1. The van der Waals surface area contributed by atoms with E-state index in [9.17, 15) is 9.90 Å². The minimum absolute atomic E-state index is 0.552. The summed E-state index contributed by atoms with van der Waals surface area (Å²) in [5.41, 5.74) is 3.73. The van der Waals surface area contributed by atoms with Gasteiger partial charge in [-0.05, 0) is 42.5 Å². The summed E-state index contributed by atoms with van der Waals surface area (Å²) in [4.78, 5) is 23.6. The van der Waals surface area contributed by atoms with Crippen LogP contribution in [-0.2, 0) is 17.8 Å². The van der Waals surface area contributed by atoms with Crippen LogP contribution in [0.3, 0.4) is 0 Å². The molecule has 2 aromatic carbocycles. The minimum atomic E-state index is -0.864. The molecule has 2 aromatic heterocycles. The Hall–Kier alpha value is -3.36. The van der Waals surface area contributed by atoms with Crippen LogP contribution in [0.25, 0.3) is 21.5 Å². The van der Waals surface area contributed by atoms with Crippen LogP contribution in [0.5, 0.6) is 11.5 Å². The number of hydrogen-bond donors (Lipinski definition) is 2. The maximum atomic E-state index is 12.4. The number of hydrogen-bond acceptors (Lipinski definition) is 6. The van der Waals surface area contributed by atoms with Gasteiger partial charge >= 0.3 is 5.97 Å². The lowest BCUT2D eigenvalue weighted by Crippen LogP contribution is -2.37. The third kappa shape index (κ3) is 3.61. The van der Waals surface area contributed by atoms with Crippen molar-refractivity contribution in [2.45, 2.75) is 19.0 Å². The Balaban J connectivity index is 1.45. The maximum absolute atomic E-state index is 12.4. The Bertz CT molecular complexity index is 1280. The predicted molar refractivity (Wildman–Crippen MR) is 123 cm³/mol. The SMILES string of the molecule is COc1ccc(-c2nc3c(s2)CN(C(C(=O)O)c2c[nH]c4ccc(OC)cc24)CC3)cc1. The molecule has 0 bridgehead atoms. The molecule has 1 aliphatic rings. The first-order valence-electron chi connectivity index (χ1n) is 10.3. The molecular formula is C24H23N3O4S. The second kappa shape index (κ2) is 8.29. The zero-order chi connectivity index (χ0) is 22.2. The van der Waals surface area contributed by atoms with Gasteiger partial charge in [-0.3, -0.25) is 9.69 Å². The Kier molecular flexibility index (Phi) is 5.32. The molecule has 0 amide bonds. The van der Waals surface area contributed by atoms with Crippen molar-refractivity contribution in [3.63, 3.8) is 0 Å². The smallest absolute Gasteiger partial charge is 0.325 e. The van der Waals surface area contributed by atoms with E-state index in [0.29, 0.717) is 18.8 Å². The van der Waals surface area contributed by atoms with Crippen molar-refractivity contribution in [1.82, 2.24) is 14.9 Å². The zero-order valence-corrected chi connectivity index (χ0v) is 18.6. The van der Waals surface area contributed by atoms with Crippen LogP contribution in [-0.4, -0.2) is 46.7 Å². The molecule has 1 unspecified atom stereocenters. The number of thiazole rings is 1. The number of aliphatic carboxylic acids is 1. The predicted octanol–water partition coefficient (Wildman–Crippen LogP) is 4.49. The molecule has 1 aliphatic heterocycles. The number of carboxylic acid groups (broad SMARTS) is 1. The van der Waals surface area contributed by atoms with Gasteiger partial charge in [-0.1, -0.05) is 0 Å². The van der Waals surface area contributed by atoms with Crippen molar-refractivity contribution >= 4 is 28.2 Å². The van der Waals surface area contributed by atoms with Crippen LogP contribution >= 0.6 is 11.3 Å². The summed E-state index contributed by atoms with van der Waals surface area (Å²) in [6.07, 6.45) is 2.52. The molecule has 0 aliphatic carbocycles. The van der Waals surface area contributed by atoms with Gasteiger partial charge in [0.15, 0.2) is 0 Å². The molecule has 0 spiro atoms. The summed E-state index contributed by atoms with van der Waals surface area (Å²) < 4.78 is 10.6. The van der Waals surface area contributed by atoms with E-state index in [1.165, 1.54) is 0 Å². The lowest BCUT2D eigenvalue weighted by molar-refractivity contribution is -0.144. The molecule has 0 radical (unpaired) electrons. The van der Waals surface area contributed by atoms with Crippen LogP contribution in [0.15, 0.2) is 48.7 Å². The average molecular weight is 450 g/mol. The van der Waals surface area contributed by atoms with Crippen molar-refractivity contribution in [2.24, 2.45) is 0 Å². The van der Waals surface area contributed by atoms with Gasteiger partial charge in [-0.25, -0.2) is 4.98 Å². The highest BCUT2D eigenvalue weighted by atomic mass is 32.1. The first-order chi connectivity index (χ1) is 15.6. The van der Waals surface area contributed by atoms with Gasteiger partial charge in [0.05, 0.1) is 19.9 Å². The van der Waals surface area contributed by atoms with Crippen LogP contribution in [0.4, 0.5) is 0 Å². The number of nitrogens with one attached hydrogen (secondary N) is 1. The average Bonchev–Trinajstić information content (AvgIpc) is 3.43. The number of methoxy groups -OCH3 is 2. The summed E-state index contributed by atoms with van der Waals surface area (Å²) in [7, 11) is 3.26. The topological polar surface area (TPSA) is 87.7 Å². The molecule has 2 N–H and O–H groups in total. The Morgan fingerprint density at radius 3 is 2.62 bits per heavy atom. The molecule has 0 saturated carbocycles. The molecule has 4 aromatic rings. The molecule has 5 rings (SSSR count). The molecule has 32 heavy (non-hydrogen) atoms. The maximum Gasteiger partial charge on any atom is 0.325 e. The molecule has 8 heteroatoms. The van der Waals surface area contributed by atoms with Gasteiger partial charge in [0, 0.05) is 52.6 Å². The highest BCUT2D eigenvalue weighted by Gasteiger charge is 2.33. The number of rotatable bonds is 6. The number of ether oxygens (including phenoxy) is 2. The fraction of sp³-hybridized carbons (Fsp3) is 0.250. The quantitative estimate of drug-likeness (QED) is 0.451.